The number of amides is 1. The van der Waals surface area contributed by atoms with E-state index in [0.717, 1.165) is 5.56 Å². The van der Waals surface area contributed by atoms with Crippen LogP contribution in [0.5, 0.6) is 0 Å². The maximum Gasteiger partial charge on any atom is 0.410 e. The van der Waals surface area contributed by atoms with Crippen molar-refractivity contribution in [3.8, 4) is 0 Å². The van der Waals surface area contributed by atoms with E-state index in [1.807, 2.05) is 51.1 Å². The number of nitrogens with zero attached hydrogens (tertiary/aromatic N) is 1. The minimum atomic E-state index is -0.730. The second-order valence-corrected chi connectivity index (χ2v) is 6.88. The molecule has 0 saturated carbocycles. The Labute approximate surface area is 142 Å². The van der Waals surface area contributed by atoms with Gasteiger partial charge in [0.1, 0.15) is 17.8 Å². The molecule has 1 aromatic rings. The van der Waals surface area contributed by atoms with E-state index in [4.69, 9.17) is 9.47 Å². The van der Waals surface area contributed by atoms with Crippen LogP contribution in [0.25, 0.3) is 0 Å². The average Bonchev–Trinajstić information content (AvgIpc) is 2.98. The molecule has 1 atom stereocenters. The van der Waals surface area contributed by atoms with E-state index in [2.05, 4.69) is 4.74 Å². The van der Waals surface area contributed by atoms with Crippen LogP contribution in [0.2, 0.25) is 0 Å². The quantitative estimate of drug-likeness (QED) is 0.792. The summed E-state index contributed by atoms with van der Waals surface area (Å²) in [7, 11) is 1.32. The maximum atomic E-state index is 12.3. The Balaban J connectivity index is 2.17. The smallest absolute Gasteiger partial charge is 0.410 e. The molecule has 1 fully saturated rings. The van der Waals surface area contributed by atoms with Crippen molar-refractivity contribution in [2.45, 2.75) is 38.4 Å². The topological polar surface area (TPSA) is 65.1 Å². The van der Waals surface area contributed by atoms with E-state index in [-0.39, 0.29) is 12.7 Å². The van der Waals surface area contributed by atoms with E-state index >= 15 is 0 Å². The molecule has 0 bridgehead atoms. The third kappa shape index (κ3) is 4.47. The van der Waals surface area contributed by atoms with Crippen molar-refractivity contribution >= 4 is 12.1 Å². The highest BCUT2D eigenvalue weighted by atomic mass is 16.6. The Morgan fingerprint density at radius 2 is 1.88 bits per heavy atom. The highest BCUT2D eigenvalue weighted by molar-refractivity contribution is 5.71. The Morgan fingerprint density at radius 1 is 1.21 bits per heavy atom. The number of methoxy groups -OCH3 is 1. The van der Waals surface area contributed by atoms with Gasteiger partial charge in [-0.2, -0.15) is 0 Å². The molecule has 1 aliphatic rings. The van der Waals surface area contributed by atoms with Crippen LogP contribution in [0, 0.1) is 0 Å². The lowest BCUT2D eigenvalue weighted by atomic mass is 9.92. The van der Waals surface area contributed by atoms with Gasteiger partial charge in [0.15, 0.2) is 0 Å². The molecule has 1 aliphatic heterocycles. The van der Waals surface area contributed by atoms with E-state index in [1.165, 1.54) is 7.11 Å². The monoisotopic (exact) mass is 335 g/mol. The van der Waals surface area contributed by atoms with E-state index < -0.39 is 17.2 Å². The van der Waals surface area contributed by atoms with Crippen molar-refractivity contribution in [1.82, 2.24) is 4.90 Å². The number of rotatable bonds is 4. The number of hydrogen-bond acceptors (Lipinski definition) is 5. The van der Waals surface area contributed by atoms with Crippen molar-refractivity contribution in [3.05, 3.63) is 35.9 Å². The zero-order valence-corrected chi connectivity index (χ0v) is 14.7. The lowest BCUT2D eigenvalue weighted by Crippen LogP contribution is -2.40. The van der Waals surface area contributed by atoms with Crippen LogP contribution in [-0.2, 0) is 24.6 Å². The minimum absolute atomic E-state index is 0.159. The largest absolute Gasteiger partial charge is 0.467 e. The SMILES string of the molecule is COC(=O)COC1(c2ccccc2)CCN(C(=O)OC(C)(C)C)C1. The fourth-order valence-electron chi connectivity index (χ4n) is 2.70. The summed E-state index contributed by atoms with van der Waals surface area (Å²) in [6.45, 7) is 6.18. The van der Waals surface area contributed by atoms with Crippen LogP contribution in [0.4, 0.5) is 4.79 Å². The molecule has 132 valence electrons. The van der Waals surface area contributed by atoms with Gasteiger partial charge in [0.05, 0.1) is 13.7 Å². The van der Waals surface area contributed by atoms with Gasteiger partial charge in [-0.1, -0.05) is 30.3 Å². The second kappa shape index (κ2) is 7.21. The number of hydrogen-bond donors (Lipinski definition) is 0. The highest BCUT2D eigenvalue weighted by Crippen LogP contribution is 2.36. The lowest BCUT2D eigenvalue weighted by Gasteiger charge is -2.30. The van der Waals surface area contributed by atoms with Crippen molar-refractivity contribution in [2.75, 3.05) is 26.8 Å². The predicted molar refractivity (Wildman–Crippen MR) is 88.5 cm³/mol. The summed E-state index contributed by atoms with van der Waals surface area (Å²) in [4.78, 5) is 25.4. The summed E-state index contributed by atoms with van der Waals surface area (Å²) in [5.74, 6) is -0.443. The van der Waals surface area contributed by atoms with Gasteiger partial charge in [-0.15, -0.1) is 0 Å². The maximum absolute atomic E-state index is 12.3. The zero-order valence-electron chi connectivity index (χ0n) is 14.7. The van der Waals surface area contributed by atoms with Crippen LogP contribution in [0.3, 0.4) is 0 Å². The Hall–Kier alpha value is -2.08. The number of esters is 1. The van der Waals surface area contributed by atoms with Crippen LogP contribution >= 0.6 is 0 Å². The molecule has 0 spiro atoms. The standard InChI is InChI=1S/C18H25NO5/c1-17(2,3)24-16(21)19-11-10-18(13-19,23-12-15(20)22-4)14-8-6-5-7-9-14/h5-9H,10-13H2,1-4H3. The molecule has 6 heteroatoms. The number of benzene rings is 1. The van der Waals surface area contributed by atoms with Crippen molar-refractivity contribution < 1.29 is 23.8 Å². The molecule has 1 amide bonds. The molecular formula is C18H25NO5. The number of ether oxygens (including phenoxy) is 3. The first kappa shape index (κ1) is 18.3. The molecule has 1 unspecified atom stereocenters. The molecule has 24 heavy (non-hydrogen) atoms. The molecule has 1 saturated heterocycles. The molecule has 1 heterocycles. The molecule has 0 aromatic heterocycles. The van der Waals surface area contributed by atoms with Crippen LogP contribution in [-0.4, -0.2) is 49.4 Å². The second-order valence-electron chi connectivity index (χ2n) is 6.88. The summed E-state index contributed by atoms with van der Waals surface area (Å²) in [5.41, 5.74) is -0.353. The molecule has 0 radical (unpaired) electrons. The van der Waals surface area contributed by atoms with Gasteiger partial charge in [0, 0.05) is 13.0 Å². The summed E-state index contributed by atoms with van der Waals surface area (Å²) in [6, 6.07) is 9.62. The van der Waals surface area contributed by atoms with Crippen LogP contribution < -0.4 is 0 Å². The normalized spacial score (nSPS) is 20.8. The van der Waals surface area contributed by atoms with Crippen molar-refractivity contribution in [1.29, 1.82) is 0 Å². The summed E-state index contributed by atoms with van der Waals surface area (Å²) < 4.78 is 16.0. The van der Waals surface area contributed by atoms with E-state index in [1.54, 1.807) is 4.90 Å². The molecule has 6 nitrogen and oxygen atoms in total. The lowest BCUT2D eigenvalue weighted by molar-refractivity contribution is -0.153. The molecule has 0 N–H and O–H groups in total. The van der Waals surface area contributed by atoms with Crippen LogP contribution in [0.15, 0.2) is 30.3 Å². The molecule has 0 aliphatic carbocycles. The Kier molecular flexibility index (Phi) is 5.49. The summed E-state index contributed by atoms with van der Waals surface area (Å²) in [6.07, 6.45) is 0.217. The number of carbonyl (C=O) groups excluding carboxylic acids is 2. The number of carbonyl (C=O) groups is 2. The van der Waals surface area contributed by atoms with Crippen molar-refractivity contribution in [3.63, 3.8) is 0 Å². The molecular weight excluding hydrogens is 310 g/mol. The Morgan fingerprint density at radius 3 is 2.46 bits per heavy atom. The predicted octanol–water partition coefficient (Wildman–Crippen LogP) is 2.71. The molecule has 2 rings (SSSR count). The third-order valence-electron chi connectivity index (χ3n) is 3.88. The number of likely N-dealkylation sites (tertiary alicyclic amines) is 1. The fraction of sp³-hybridized carbons (Fsp3) is 0.556. The highest BCUT2D eigenvalue weighted by Gasteiger charge is 2.44. The first-order valence-corrected chi connectivity index (χ1v) is 8.00. The summed E-state index contributed by atoms with van der Waals surface area (Å²) in [5, 5.41) is 0. The first-order valence-electron chi connectivity index (χ1n) is 8.00. The molecule has 1 aromatic carbocycles. The van der Waals surface area contributed by atoms with Gasteiger partial charge in [-0.3, -0.25) is 0 Å². The van der Waals surface area contributed by atoms with Gasteiger partial charge in [0.2, 0.25) is 0 Å². The summed E-state index contributed by atoms with van der Waals surface area (Å²) >= 11 is 0. The third-order valence-corrected chi connectivity index (χ3v) is 3.88. The van der Waals surface area contributed by atoms with Gasteiger partial charge < -0.3 is 19.1 Å². The first-order chi connectivity index (χ1) is 11.3. The fourth-order valence-corrected chi connectivity index (χ4v) is 2.70. The van der Waals surface area contributed by atoms with Gasteiger partial charge >= 0.3 is 12.1 Å². The van der Waals surface area contributed by atoms with Gasteiger partial charge in [-0.25, -0.2) is 9.59 Å². The van der Waals surface area contributed by atoms with Gasteiger partial charge in [-0.05, 0) is 26.3 Å². The average molecular weight is 335 g/mol. The Bertz CT molecular complexity index is 581. The van der Waals surface area contributed by atoms with Gasteiger partial charge in [0.25, 0.3) is 0 Å². The minimum Gasteiger partial charge on any atom is -0.467 e. The van der Waals surface area contributed by atoms with E-state index in [9.17, 15) is 9.59 Å². The van der Waals surface area contributed by atoms with E-state index in [0.29, 0.717) is 19.5 Å². The zero-order chi connectivity index (χ0) is 17.8. The van der Waals surface area contributed by atoms with Crippen molar-refractivity contribution in [2.24, 2.45) is 0 Å². The van der Waals surface area contributed by atoms with Crippen LogP contribution in [0.1, 0.15) is 32.8 Å².